The Morgan fingerprint density at radius 1 is 1.30 bits per heavy atom. The van der Waals surface area contributed by atoms with E-state index in [9.17, 15) is 4.79 Å². The summed E-state index contributed by atoms with van der Waals surface area (Å²) in [6.07, 6.45) is 0. The van der Waals surface area contributed by atoms with E-state index in [0.29, 0.717) is 6.54 Å². The van der Waals surface area contributed by atoms with Crippen molar-refractivity contribution in [3.63, 3.8) is 0 Å². The Balaban J connectivity index is 2.84. The summed E-state index contributed by atoms with van der Waals surface area (Å²) in [7, 11) is 1.64. The molecular weight excluding hydrogens is 252 g/mol. The van der Waals surface area contributed by atoms with E-state index in [-0.39, 0.29) is 17.5 Å². The zero-order chi connectivity index (χ0) is 15.3. The lowest BCUT2D eigenvalue weighted by Gasteiger charge is -2.21. The number of methoxy groups -OCH3 is 1. The van der Waals surface area contributed by atoms with Gasteiger partial charge in [0.15, 0.2) is 0 Å². The molecule has 0 bridgehead atoms. The number of amides is 2. The topological polar surface area (TPSA) is 50.4 Å². The molecule has 2 amide bonds. The van der Waals surface area contributed by atoms with Crippen LogP contribution in [0.2, 0.25) is 0 Å². The fraction of sp³-hybridized carbons (Fsp3) is 0.562. The Bertz CT molecular complexity index is 462. The molecule has 0 spiro atoms. The number of urea groups is 1. The van der Waals surface area contributed by atoms with Gasteiger partial charge < -0.3 is 15.4 Å². The minimum absolute atomic E-state index is 0.0706. The van der Waals surface area contributed by atoms with Gasteiger partial charge in [0.2, 0.25) is 0 Å². The van der Waals surface area contributed by atoms with E-state index in [4.69, 9.17) is 4.74 Å². The summed E-state index contributed by atoms with van der Waals surface area (Å²) < 4.78 is 5.35. The van der Waals surface area contributed by atoms with E-state index in [1.54, 1.807) is 7.11 Å². The molecule has 4 nitrogen and oxygen atoms in total. The van der Waals surface area contributed by atoms with Gasteiger partial charge in [0.25, 0.3) is 0 Å². The van der Waals surface area contributed by atoms with E-state index in [1.165, 1.54) is 5.56 Å². The van der Waals surface area contributed by atoms with Crippen LogP contribution < -0.4 is 15.4 Å². The number of benzene rings is 1. The number of nitrogens with one attached hydrogen (secondary N) is 2. The molecule has 20 heavy (non-hydrogen) atoms. The molecule has 112 valence electrons. The number of ether oxygens (including phenoxy) is 1. The lowest BCUT2D eigenvalue weighted by atomic mass is 9.86. The second-order valence-electron chi connectivity index (χ2n) is 6.26. The first-order chi connectivity index (χ1) is 9.24. The van der Waals surface area contributed by atoms with Crippen molar-refractivity contribution in [2.24, 2.45) is 0 Å². The van der Waals surface area contributed by atoms with Crippen LogP contribution in [0.1, 0.15) is 45.7 Å². The van der Waals surface area contributed by atoms with Crippen molar-refractivity contribution in [1.82, 2.24) is 10.6 Å². The molecule has 0 aliphatic rings. The minimum atomic E-state index is -0.164. The highest BCUT2D eigenvalue weighted by Gasteiger charge is 2.16. The highest BCUT2D eigenvalue weighted by atomic mass is 16.5. The van der Waals surface area contributed by atoms with Gasteiger partial charge in [-0.2, -0.15) is 0 Å². The van der Waals surface area contributed by atoms with Crippen molar-refractivity contribution < 1.29 is 9.53 Å². The molecule has 0 aliphatic heterocycles. The van der Waals surface area contributed by atoms with Crippen LogP contribution in [0.15, 0.2) is 18.2 Å². The maximum absolute atomic E-state index is 11.6. The molecule has 0 saturated heterocycles. The van der Waals surface area contributed by atoms with Crippen molar-refractivity contribution in [2.45, 2.75) is 52.6 Å². The molecule has 0 unspecified atom stereocenters. The first kappa shape index (κ1) is 16.3. The minimum Gasteiger partial charge on any atom is -0.496 e. The van der Waals surface area contributed by atoms with E-state index in [2.05, 4.69) is 43.5 Å². The predicted molar refractivity (Wildman–Crippen MR) is 82.2 cm³/mol. The lowest BCUT2D eigenvalue weighted by molar-refractivity contribution is 0.238. The van der Waals surface area contributed by atoms with Gasteiger partial charge in [0, 0.05) is 18.2 Å². The SMILES string of the molecule is COc1ccc(C(C)(C)C)cc1CNC(=O)NC(C)C. The van der Waals surface area contributed by atoms with Crippen LogP contribution in [0.4, 0.5) is 4.79 Å². The third-order valence-electron chi connectivity index (χ3n) is 3.01. The number of rotatable bonds is 4. The van der Waals surface area contributed by atoms with E-state index < -0.39 is 0 Å². The molecule has 0 aromatic heterocycles. The second kappa shape index (κ2) is 6.64. The predicted octanol–water partition coefficient (Wildman–Crippen LogP) is 3.20. The van der Waals surface area contributed by atoms with Gasteiger partial charge in [-0.05, 0) is 37.0 Å². The average Bonchev–Trinajstić information content (AvgIpc) is 2.34. The van der Waals surface area contributed by atoms with E-state index in [0.717, 1.165) is 11.3 Å². The molecular formula is C16H26N2O2. The number of hydrogen-bond donors (Lipinski definition) is 2. The maximum Gasteiger partial charge on any atom is 0.315 e. The van der Waals surface area contributed by atoms with Crippen LogP contribution >= 0.6 is 0 Å². The normalized spacial score (nSPS) is 11.3. The molecule has 0 saturated carbocycles. The Morgan fingerprint density at radius 2 is 1.95 bits per heavy atom. The Labute approximate surface area is 121 Å². The fourth-order valence-electron chi connectivity index (χ4n) is 1.87. The lowest BCUT2D eigenvalue weighted by Crippen LogP contribution is -2.39. The summed E-state index contributed by atoms with van der Waals surface area (Å²) >= 11 is 0. The van der Waals surface area contributed by atoms with Crippen molar-refractivity contribution in [2.75, 3.05) is 7.11 Å². The van der Waals surface area contributed by atoms with Crippen LogP contribution in [0.3, 0.4) is 0 Å². The number of carbonyl (C=O) groups is 1. The Kier molecular flexibility index (Phi) is 5.43. The third kappa shape index (κ3) is 4.76. The first-order valence-corrected chi connectivity index (χ1v) is 6.96. The molecule has 2 N–H and O–H groups in total. The zero-order valence-electron chi connectivity index (χ0n) is 13.3. The maximum atomic E-state index is 11.6. The molecule has 1 aromatic carbocycles. The summed E-state index contributed by atoms with van der Waals surface area (Å²) in [6, 6.07) is 6.07. The van der Waals surface area contributed by atoms with E-state index >= 15 is 0 Å². The fourth-order valence-corrected chi connectivity index (χ4v) is 1.87. The summed E-state index contributed by atoms with van der Waals surface area (Å²) in [4.78, 5) is 11.6. The van der Waals surface area contributed by atoms with Crippen molar-refractivity contribution in [3.05, 3.63) is 29.3 Å². The van der Waals surface area contributed by atoms with Crippen LogP contribution in [0.5, 0.6) is 5.75 Å². The highest BCUT2D eigenvalue weighted by Crippen LogP contribution is 2.27. The van der Waals surface area contributed by atoms with Gasteiger partial charge in [-0.1, -0.05) is 26.8 Å². The van der Waals surface area contributed by atoms with Crippen LogP contribution in [0.25, 0.3) is 0 Å². The van der Waals surface area contributed by atoms with Gasteiger partial charge in [-0.3, -0.25) is 0 Å². The molecule has 0 heterocycles. The average molecular weight is 278 g/mol. The Hall–Kier alpha value is -1.71. The van der Waals surface area contributed by atoms with E-state index in [1.807, 2.05) is 19.9 Å². The quantitative estimate of drug-likeness (QED) is 0.888. The molecule has 4 heteroatoms. The highest BCUT2D eigenvalue weighted by molar-refractivity contribution is 5.74. The second-order valence-corrected chi connectivity index (χ2v) is 6.26. The molecule has 0 radical (unpaired) electrons. The summed E-state index contributed by atoms with van der Waals surface area (Å²) in [5, 5.41) is 5.66. The smallest absolute Gasteiger partial charge is 0.315 e. The zero-order valence-corrected chi connectivity index (χ0v) is 13.3. The van der Waals surface area contributed by atoms with Crippen LogP contribution in [0, 0.1) is 0 Å². The number of carbonyl (C=O) groups excluding carboxylic acids is 1. The first-order valence-electron chi connectivity index (χ1n) is 6.96. The van der Waals surface area contributed by atoms with Gasteiger partial charge in [-0.25, -0.2) is 4.79 Å². The van der Waals surface area contributed by atoms with Crippen LogP contribution in [-0.2, 0) is 12.0 Å². The molecule has 1 rings (SSSR count). The van der Waals surface area contributed by atoms with Gasteiger partial charge >= 0.3 is 6.03 Å². The molecule has 0 atom stereocenters. The van der Waals surface area contributed by atoms with Gasteiger partial charge in [0.1, 0.15) is 5.75 Å². The van der Waals surface area contributed by atoms with Crippen molar-refractivity contribution >= 4 is 6.03 Å². The third-order valence-corrected chi connectivity index (χ3v) is 3.01. The number of hydrogen-bond acceptors (Lipinski definition) is 2. The van der Waals surface area contributed by atoms with Crippen LogP contribution in [-0.4, -0.2) is 19.2 Å². The summed E-state index contributed by atoms with van der Waals surface area (Å²) in [5.41, 5.74) is 2.28. The van der Waals surface area contributed by atoms with Crippen molar-refractivity contribution in [3.8, 4) is 5.75 Å². The summed E-state index contributed by atoms with van der Waals surface area (Å²) in [6.45, 7) is 10.8. The van der Waals surface area contributed by atoms with Crippen molar-refractivity contribution in [1.29, 1.82) is 0 Å². The Morgan fingerprint density at radius 3 is 2.45 bits per heavy atom. The standard InChI is InChI=1S/C16H26N2O2/c1-11(2)18-15(19)17-10-12-9-13(16(3,4)5)7-8-14(12)20-6/h7-9,11H,10H2,1-6H3,(H2,17,18,19). The monoisotopic (exact) mass is 278 g/mol. The molecule has 0 aliphatic carbocycles. The molecule has 1 aromatic rings. The summed E-state index contributed by atoms with van der Waals surface area (Å²) in [5.74, 6) is 0.794. The molecule has 0 fully saturated rings. The van der Waals surface area contributed by atoms with Gasteiger partial charge in [-0.15, -0.1) is 0 Å². The van der Waals surface area contributed by atoms with Gasteiger partial charge in [0.05, 0.1) is 7.11 Å². The largest absolute Gasteiger partial charge is 0.496 e.